The third-order valence-corrected chi connectivity index (χ3v) is 4.18. The molecule has 1 amide bonds. The van der Waals surface area contributed by atoms with Gasteiger partial charge in [-0.25, -0.2) is 4.79 Å². The highest BCUT2D eigenvalue weighted by Gasteiger charge is 2.50. The summed E-state index contributed by atoms with van der Waals surface area (Å²) >= 11 is 0. The average Bonchev–Trinajstić information content (AvgIpc) is 2.74. The van der Waals surface area contributed by atoms with Crippen molar-refractivity contribution >= 4 is 12.1 Å². The van der Waals surface area contributed by atoms with E-state index in [9.17, 15) is 9.59 Å². The predicted molar refractivity (Wildman–Crippen MR) is 74.3 cm³/mol. The fraction of sp³-hybridized carbons (Fsp3) is 0.867. The zero-order valence-electron chi connectivity index (χ0n) is 12.5. The normalized spacial score (nSPS) is 29.1. The number of esters is 1. The summed E-state index contributed by atoms with van der Waals surface area (Å²) in [5.74, 6) is -0.215. The molecule has 0 N–H and O–H groups in total. The van der Waals surface area contributed by atoms with Gasteiger partial charge in [0.05, 0.1) is 12.5 Å². The number of hydrogen-bond acceptors (Lipinski definition) is 4. The molecule has 0 aromatic heterocycles. The van der Waals surface area contributed by atoms with Crippen LogP contribution in [0.5, 0.6) is 0 Å². The Morgan fingerprint density at radius 2 is 1.85 bits per heavy atom. The summed E-state index contributed by atoms with van der Waals surface area (Å²) in [5, 5.41) is 0. The first-order valence-electron chi connectivity index (χ1n) is 7.84. The minimum absolute atomic E-state index is 0.125. The van der Waals surface area contributed by atoms with Gasteiger partial charge in [0.1, 0.15) is 6.10 Å². The Labute approximate surface area is 120 Å². The highest BCUT2D eigenvalue weighted by atomic mass is 16.6. The molecule has 0 saturated carbocycles. The van der Waals surface area contributed by atoms with Crippen LogP contribution in [-0.2, 0) is 14.3 Å². The molecule has 5 heteroatoms. The zero-order chi connectivity index (χ0) is 14.5. The quantitative estimate of drug-likeness (QED) is 0.532. The Bertz CT molecular complexity index is 358. The number of ether oxygens (including phenoxy) is 2. The Morgan fingerprint density at radius 1 is 1.10 bits per heavy atom. The van der Waals surface area contributed by atoms with E-state index in [4.69, 9.17) is 9.47 Å². The van der Waals surface area contributed by atoms with E-state index in [0.717, 1.165) is 12.8 Å². The summed E-state index contributed by atoms with van der Waals surface area (Å²) < 4.78 is 10.7. The van der Waals surface area contributed by atoms with Crippen molar-refractivity contribution in [3.05, 3.63) is 0 Å². The highest BCUT2D eigenvalue weighted by molar-refractivity contribution is 5.76. The van der Waals surface area contributed by atoms with Gasteiger partial charge >= 0.3 is 12.1 Å². The lowest BCUT2D eigenvalue weighted by Crippen LogP contribution is -2.49. The number of hydrogen-bond donors (Lipinski definition) is 0. The molecule has 0 aromatic carbocycles. The van der Waals surface area contributed by atoms with Gasteiger partial charge in [-0.15, -0.1) is 0 Å². The Hall–Kier alpha value is -1.26. The molecule has 2 saturated heterocycles. The van der Waals surface area contributed by atoms with Crippen LogP contribution in [0, 0.1) is 0 Å². The molecule has 0 radical (unpaired) electrons. The van der Waals surface area contributed by atoms with Crippen molar-refractivity contribution in [1.82, 2.24) is 4.90 Å². The van der Waals surface area contributed by atoms with Crippen molar-refractivity contribution in [2.75, 3.05) is 6.54 Å². The number of fused-ring (bicyclic) bond motifs is 1. The largest absolute Gasteiger partial charge is 0.458 e. The molecule has 3 atom stereocenters. The molecule has 2 aliphatic heterocycles. The molecule has 2 aliphatic rings. The standard InChI is InChI=1S/C15H25NO4/c1-3-5-6-7-8-9-16-11-10-13(17)19-12(4-2)14(11)20-15(16)18/h11-12,14H,3-10H2,1-2H3/t11-,12+,14-/m0/s1. The number of cyclic esters (lactones) is 1. The van der Waals surface area contributed by atoms with E-state index in [0.29, 0.717) is 13.0 Å². The van der Waals surface area contributed by atoms with Crippen molar-refractivity contribution < 1.29 is 19.1 Å². The van der Waals surface area contributed by atoms with Gasteiger partial charge in [-0.3, -0.25) is 4.79 Å². The summed E-state index contributed by atoms with van der Waals surface area (Å²) in [7, 11) is 0. The number of unbranched alkanes of at least 4 members (excludes halogenated alkanes) is 4. The molecule has 0 unspecified atom stereocenters. The van der Waals surface area contributed by atoms with Gasteiger partial charge in [-0.1, -0.05) is 39.5 Å². The van der Waals surface area contributed by atoms with Gasteiger partial charge < -0.3 is 14.4 Å². The minimum atomic E-state index is -0.285. The summed E-state index contributed by atoms with van der Waals surface area (Å²) in [6, 6.07) is -0.125. The molecular weight excluding hydrogens is 258 g/mol. The van der Waals surface area contributed by atoms with E-state index in [1.54, 1.807) is 4.90 Å². The monoisotopic (exact) mass is 283 g/mol. The molecular formula is C15H25NO4. The van der Waals surface area contributed by atoms with Crippen LogP contribution in [0.2, 0.25) is 0 Å². The lowest BCUT2D eigenvalue weighted by molar-refractivity contribution is -0.164. The third kappa shape index (κ3) is 3.25. The second kappa shape index (κ2) is 6.95. The molecule has 0 spiro atoms. The Morgan fingerprint density at radius 3 is 2.55 bits per heavy atom. The second-order valence-electron chi connectivity index (χ2n) is 5.66. The molecule has 0 aromatic rings. The van der Waals surface area contributed by atoms with Crippen LogP contribution in [-0.4, -0.2) is 41.8 Å². The molecule has 0 aliphatic carbocycles. The van der Waals surface area contributed by atoms with Crippen LogP contribution in [0.25, 0.3) is 0 Å². The molecule has 5 nitrogen and oxygen atoms in total. The maximum Gasteiger partial charge on any atom is 0.410 e. The van der Waals surface area contributed by atoms with Crippen molar-refractivity contribution in [2.24, 2.45) is 0 Å². The van der Waals surface area contributed by atoms with Crippen LogP contribution in [0.15, 0.2) is 0 Å². The summed E-state index contributed by atoms with van der Waals surface area (Å²) in [6.07, 6.45) is 5.85. The SMILES string of the molecule is CCCCCCCN1C(=O)O[C@@H]2[C@@H](CC)OC(=O)C[C@@H]21. The maximum absolute atomic E-state index is 12.0. The van der Waals surface area contributed by atoms with E-state index >= 15 is 0 Å². The summed E-state index contributed by atoms with van der Waals surface area (Å²) in [5.41, 5.74) is 0. The topological polar surface area (TPSA) is 55.8 Å². The van der Waals surface area contributed by atoms with Gasteiger partial charge in [0.15, 0.2) is 6.10 Å². The number of carbonyl (C=O) groups is 2. The van der Waals surface area contributed by atoms with Gasteiger partial charge in [0.25, 0.3) is 0 Å². The lowest BCUT2D eigenvalue weighted by atomic mass is 9.97. The van der Waals surface area contributed by atoms with Crippen molar-refractivity contribution in [2.45, 2.75) is 77.0 Å². The van der Waals surface area contributed by atoms with Crippen LogP contribution < -0.4 is 0 Å². The van der Waals surface area contributed by atoms with Crippen LogP contribution in [0.1, 0.15) is 58.8 Å². The zero-order valence-corrected chi connectivity index (χ0v) is 12.5. The molecule has 0 bridgehead atoms. The number of nitrogens with zero attached hydrogens (tertiary/aromatic N) is 1. The molecule has 2 rings (SSSR count). The molecule has 2 fully saturated rings. The summed E-state index contributed by atoms with van der Waals surface area (Å²) in [4.78, 5) is 25.3. The molecule has 20 heavy (non-hydrogen) atoms. The predicted octanol–water partition coefficient (Wildman–Crippen LogP) is 2.87. The average molecular weight is 283 g/mol. The minimum Gasteiger partial charge on any atom is -0.458 e. The molecule has 2 heterocycles. The van der Waals surface area contributed by atoms with Crippen molar-refractivity contribution in [3.63, 3.8) is 0 Å². The first-order valence-corrected chi connectivity index (χ1v) is 7.84. The van der Waals surface area contributed by atoms with Crippen molar-refractivity contribution in [1.29, 1.82) is 0 Å². The van der Waals surface area contributed by atoms with E-state index < -0.39 is 0 Å². The first-order chi connectivity index (χ1) is 9.67. The molecule has 114 valence electrons. The highest BCUT2D eigenvalue weighted by Crippen LogP contribution is 2.31. The second-order valence-corrected chi connectivity index (χ2v) is 5.66. The van der Waals surface area contributed by atoms with Gasteiger partial charge in [-0.2, -0.15) is 0 Å². The van der Waals surface area contributed by atoms with Crippen LogP contribution in [0.4, 0.5) is 4.79 Å². The third-order valence-electron chi connectivity index (χ3n) is 4.18. The van der Waals surface area contributed by atoms with E-state index in [1.807, 2.05) is 6.92 Å². The van der Waals surface area contributed by atoms with E-state index in [2.05, 4.69) is 6.92 Å². The van der Waals surface area contributed by atoms with Crippen molar-refractivity contribution in [3.8, 4) is 0 Å². The van der Waals surface area contributed by atoms with Crippen LogP contribution >= 0.6 is 0 Å². The lowest BCUT2D eigenvalue weighted by Gasteiger charge is -2.32. The van der Waals surface area contributed by atoms with Gasteiger partial charge in [0, 0.05) is 6.54 Å². The van der Waals surface area contributed by atoms with E-state index in [1.165, 1.54) is 19.3 Å². The van der Waals surface area contributed by atoms with Gasteiger partial charge in [-0.05, 0) is 12.8 Å². The van der Waals surface area contributed by atoms with Gasteiger partial charge in [0.2, 0.25) is 0 Å². The fourth-order valence-electron chi connectivity index (χ4n) is 3.04. The first kappa shape index (κ1) is 15.1. The fourth-order valence-corrected chi connectivity index (χ4v) is 3.04. The smallest absolute Gasteiger partial charge is 0.410 e. The Balaban J connectivity index is 1.89. The maximum atomic E-state index is 12.0. The van der Waals surface area contributed by atoms with Crippen LogP contribution in [0.3, 0.4) is 0 Å². The Kier molecular flexibility index (Phi) is 5.26. The number of rotatable bonds is 7. The number of carbonyl (C=O) groups excluding carboxylic acids is 2. The number of amides is 1. The van der Waals surface area contributed by atoms with E-state index in [-0.39, 0.29) is 36.7 Å². The summed E-state index contributed by atoms with van der Waals surface area (Å²) in [6.45, 7) is 4.82.